The summed E-state index contributed by atoms with van der Waals surface area (Å²) in [6, 6.07) is 6.02. The molecule has 0 saturated carbocycles. The Bertz CT molecular complexity index is 2880. The van der Waals surface area contributed by atoms with E-state index in [2.05, 4.69) is 27.7 Å². The molecule has 0 aliphatic carbocycles. The van der Waals surface area contributed by atoms with E-state index in [1.807, 2.05) is 0 Å². The van der Waals surface area contributed by atoms with Gasteiger partial charge in [-0.05, 0) is 112 Å². The monoisotopic (exact) mass is 1760 g/mol. The van der Waals surface area contributed by atoms with E-state index in [-0.39, 0.29) is 60.0 Å². The topological polar surface area (TPSA) is 220 Å². The summed E-state index contributed by atoms with van der Waals surface area (Å²) in [5.41, 5.74) is -0.984. The van der Waals surface area contributed by atoms with Crippen molar-refractivity contribution in [2.45, 2.75) is 525 Å². The van der Waals surface area contributed by atoms with Crippen LogP contribution >= 0.6 is 0 Å². The number of hydrogen-bond acceptors (Lipinski definition) is 14. The first-order valence-corrected chi connectivity index (χ1v) is 53.1. The van der Waals surface area contributed by atoms with Crippen LogP contribution in [0.5, 0.6) is 0 Å². The Hall–Kier alpha value is -3.64. The second-order valence-electron chi connectivity index (χ2n) is 34.6. The predicted molar refractivity (Wildman–Crippen MR) is 506 cm³/mol. The zero-order valence-corrected chi connectivity index (χ0v) is 81.9. The van der Waals surface area contributed by atoms with E-state index < -0.39 is 53.9 Å². The summed E-state index contributed by atoms with van der Waals surface area (Å²) in [4.78, 5) is 50.4. The van der Waals surface area contributed by atoms with Crippen molar-refractivity contribution in [3.05, 3.63) is 108 Å². The molecule has 2 aromatic rings. The first-order valence-electron chi connectivity index (χ1n) is 50.3. The van der Waals surface area contributed by atoms with Crippen LogP contribution in [0.25, 0.3) is 0 Å². The van der Waals surface area contributed by atoms with Crippen molar-refractivity contribution >= 4 is 81.9 Å². The van der Waals surface area contributed by atoms with Crippen molar-refractivity contribution in [1.82, 2.24) is 0 Å². The minimum atomic E-state index is -4.85. The van der Waals surface area contributed by atoms with Crippen LogP contribution in [-0.4, -0.2) is 87.6 Å². The van der Waals surface area contributed by atoms with Crippen molar-refractivity contribution in [3.8, 4) is 0 Å². The molecule has 0 atom stereocenters. The van der Waals surface area contributed by atoms with Crippen molar-refractivity contribution in [2.75, 3.05) is 0 Å². The van der Waals surface area contributed by atoms with Gasteiger partial charge < -0.3 is 28.1 Å². The standard InChI is InChI=1S/2C52H90O7S.Ca/c2*1-3-5-7-9-11-13-15-17-19-21-23-25-27-29-31-33-35-37-39-41-45-58-51(53)49-44-43-48(60(55,56)57)47-50(49)52(54)59-46-42-40-38-36-34-32-30-28-26-24-22-20-18-16-14-12-10-8-6-4-2;/h2*41-47H,3-40H2,1-2H3,(H,55,56,57);/q;;+2/p-2/b2*45-41+,46-42+;. The number of unbranched alkanes of at least 4 members (excludes halogenated alkanes) is 72. The van der Waals surface area contributed by atoms with Gasteiger partial charge in [-0.3, -0.25) is 0 Å². The van der Waals surface area contributed by atoms with E-state index in [9.17, 15) is 45.1 Å². The van der Waals surface area contributed by atoms with Gasteiger partial charge in [-0.1, -0.05) is 464 Å². The van der Waals surface area contributed by atoms with Crippen molar-refractivity contribution < 1.29 is 64.1 Å². The molecular formula is C104H178CaO14S2. The molecule has 0 N–H and O–H groups in total. The second-order valence-corrected chi connectivity index (χ2v) is 37.4. The first kappa shape index (κ1) is 117. The molecule has 0 unspecified atom stereocenters. The molecule has 0 fully saturated rings. The smallest absolute Gasteiger partial charge is 0.744 e. The normalized spacial score (nSPS) is 11.8. The molecule has 0 radical (unpaired) electrons. The molecule has 14 nitrogen and oxygen atoms in total. The number of esters is 4. The Morgan fingerprint density at radius 1 is 0.223 bits per heavy atom. The van der Waals surface area contributed by atoms with Crippen LogP contribution in [-0.2, 0) is 39.2 Å². The largest absolute Gasteiger partial charge is 2.00 e. The molecule has 0 heterocycles. The molecule has 2 rings (SSSR count). The third-order valence-electron chi connectivity index (χ3n) is 23.4. The molecule has 0 bridgehead atoms. The van der Waals surface area contributed by atoms with Gasteiger partial charge in [0, 0.05) is 0 Å². The fraction of sp³-hybridized carbons (Fsp3) is 0.769. The van der Waals surface area contributed by atoms with Crippen molar-refractivity contribution in [1.29, 1.82) is 0 Å². The molecule has 17 heteroatoms. The zero-order chi connectivity index (χ0) is 87.2. The number of ether oxygens (including phenoxy) is 4. The van der Waals surface area contributed by atoms with Gasteiger partial charge in [0.25, 0.3) is 0 Å². The van der Waals surface area contributed by atoms with Crippen LogP contribution in [0, 0.1) is 0 Å². The second kappa shape index (κ2) is 88.4. The SMILES string of the molecule is CCCCCCCCCCCCCCCCCCCC/C=C/OC(=O)c1ccc(S(=O)(=O)[O-])cc1C(=O)O/C=C/CCCCCCCCCCCCCCCCCCCC.CCCCCCCCCCCCCCCCCCCC/C=C/OC(=O)c1ccc(S(=O)(=O)[O-])cc1C(=O)O/C=C/CCCCCCCCCCCCCCCCCCCC.[Ca+2]. The van der Waals surface area contributed by atoms with E-state index >= 15 is 0 Å². The predicted octanol–water partition coefficient (Wildman–Crippen LogP) is 33.2. The van der Waals surface area contributed by atoms with Crippen molar-refractivity contribution in [2.24, 2.45) is 0 Å². The van der Waals surface area contributed by atoms with Crippen LogP contribution in [0.15, 0.2) is 95.5 Å². The molecule has 0 aliphatic heterocycles. The van der Waals surface area contributed by atoms with Crippen LogP contribution in [0.1, 0.15) is 557 Å². The van der Waals surface area contributed by atoms with Crippen LogP contribution < -0.4 is 0 Å². The maximum absolute atomic E-state index is 12.9. The molecular weight excluding hydrogens is 1580 g/mol. The molecule has 0 aliphatic rings. The average molecular weight is 1760 g/mol. The Morgan fingerprint density at radius 3 is 0.496 bits per heavy atom. The number of benzene rings is 2. The summed E-state index contributed by atoms with van der Waals surface area (Å²) >= 11 is 0. The van der Waals surface area contributed by atoms with Gasteiger partial charge >= 0.3 is 61.6 Å². The molecule has 2 aromatic carbocycles. The maximum Gasteiger partial charge on any atom is 2.00 e. The third kappa shape index (κ3) is 75.1. The van der Waals surface area contributed by atoms with E-state index in [1.165, 1.54) is 436 Å². The summed E-state index contributed by atoms with van der Waals surface area (Å²) in [6.45, 7) is 9.09. The first-order chi connectivity index (χ1) is 58.6. The third-order valence-corrected chi connectivity index (χ3v) is 25.1. The summed E-state index contributed by atoms with van der Waals surface area (Å²) in [5.74, 6) is -3.50. The molecule has 0 aromatic heterocycles. The summed E-state index contributed by atoms with van der Waals surface area (Å²) in [6.07, 6.45) is 110. The maximum atomic E-state index is 12.9. The van der Waals surface area contributed by atoms with Crippen LogP contribution in [0.2, 0.25) is 0 Å². The Morgan fingerprint density at radius 2 is 0.355 bits per heavy atom. The van der Waals surface area contributed by atoms with Gasteiger partial charge in [0.05, 0.1) is 57.1 Å². The summed E-state index contributed by atoms with van der Waals surface area (Å²) < 4.78 is 91.0. The van der Waals surface area contributed by atoms with E-state index in [4.69, 9.17) is 18.9 Å². The Labute approximate surface area is 773 Å². The number of rotatable bonds is 86. The van der Waals surface area contributed by atoms with Gasteiger partial charge in [0.1, 0.15) is 20.2 Å². The quantitative estimate of drug-likeness (QED) is 0.0150. The molecule has 0 saturated heterocycles. The average Bonchev–Trinajstić information content (AvgIpc) is 0.813. The summed E-state index contributed by atoms with van der Waals surface area (Å²) in [7, 11) is -9.69. The fourth-order valence-electron chi connectivity index (χ4n) is 15.7. The number of carbonyl (C=O) groups is 4. The molecule has 121 heavy (non-hydrogen) atoms. The Kier molecular flexibility index (Phi) is 85.7. The Balaban J connectivity index is 0.00000236. The van der Waals surface area contributed by atoms with Crippen LogP contribution in [0.4, 0.5) is 0 Å². The van der Waals surface area contributed by atoms with Gasteiger partial charge in [-0.25, -0.2) is 36.0 Å². The van der Waals surface area contributed by atoms with Gasteiger partial charge in [0.2, 0.25) is 0 Å². The van der Waals surface area contributed by atoms with Crippen molar-refractivity contribution in [3.63, 3.8) is 0 Å². The zero-order valence-electron chi connectivity index (χ0n) is 78.1. The minimum absolute atomic E-state index is 0. The van der Waals surface area contributed by atoms with E-state index in [1.54, 1.807) is 24.3 Å². The van der Waals surface area contributed by atoms with Gasteiger partial charge in [-0.15, -0.1) is 0 Å². The molecule has 0 spiro atoms. The van der Waals surface area contributed by atoms with Gasteiger partial charge in [-0.2, -0.15) is 0 Å². The summed E-state index contributed by atoms with van der Waals surface area (Å²) in [5, 5.41) is 0. The number of hydrogen-bond donors (Lipinski definition) is 0. The fourth-order valence-corrected chi connectivity index (χ4v) is 16.7. The van der Waals surface area contributed by atoms with Crippen LogP contribution in [0.3, 0.4) is 0 Å². The molecule has 692 valence electrons. The minimum Gasteiger partial charge on any atom is -0.744 e. The van der Waals surface area contributed by atoms with E-state index in [0.29, 0.717) is 0 Å². The number of allylic oxidation sites excluding steroid dienone is 4. The number of carbonyl (C=O) groups excluding carboxylic acids is 4. The van der Waals surface area contributed by atoms with E-state index in [0.717, 1.165) is 113 Å². The molecule has 0 amide bonds. The van der Waals surface area contributed by atoms with Gasteiger partial charge in [0.15, 0.2) is 0 Å².